The smallest absolute Gasteiger partial charge is 0.228 e. The molecule has 0 aromatic heterocycles. The molecule has 0 spiro atoms. The molecule has 0 saturated heterocycles. The van der Waals surface area contributed by atoms with Gasteiger partial charge < -0.3 is 14.8 Å². The molecule has 5 heteroatoms. The summed E-state index contributed by atoms with van der Waals surface area (Å²) in [5.74, 6) is 1.23. The lowest BCUT2D eigenvalue weighted by molar-refractivity contribution is -0.115. The van der Waals surface area contributed by atoms with E-state index in [-0.39, 0.29) is 12.3 Å². The van der Waals surface area contributed by atoms with Crippen molar-refractivity contribution in [1.29, 1.82) is 0 Å². The van der Waals surface area contributed by atoms with Gasteiger partial charge in [-0.05, 0) is 48.4 Å². The number of hydrogen-bond acceptors (Lipinski definition) is 3. The summed E-state index contributed by atoms with van der Waals surface area (Å²) in [6.07, 6.45) is 1.18. The quantitative estimate of drug-likeness (QED) is 0.821. The highest BCUT2D eigenvalue weighted by molar-refractivity contribution is 6.30. The summed E-state index contributed by atoms with van der Waals surface area (Å²) in [5, 5.41) is 3.47. The Labute approximate surface area is 141 Å². The van der Waals surface area contributed by atoms with Crippen molar-refractivity contribution < 1.29 is 14.3 Å². The second-order valence-corrected chi connectivity index (χ2v) is 5.50. The van der Waals surface area contributed by atoms with Gasteiger partial charge in [0.15, 0.2) is 11.5 Å². The lowest BCUT2D eigenvalue weighted by atomic mass is 10.1. The summed E-state index contributed by atoms with van der Waals surface area (Å²) in [4.78, 5) is 12.1. The topological polar surface area (TPSA) is 47.6 Å². The number of rotatable bonds is 7. The third kappa shape index (κ3) is 5.18. The van der Waals surface area contributed by atoms with E-state index in [1.807, 2.05) is 25.1 Å². The van der Waals surface area contributed by atoms with Crippen molar-refractivity contribution in [2.75, 3.05) is 19.0 Å². The molecule has 0 aliphatic carbocycles. The molecule has 2 rings (SSSR count). The van der Waals surface area contributed by atoms with Crippen LogP contribution >= 0.6 is 11.6 Å². The van der Waals surface area contributed by atoms with Crippen molar-refractivity contribution in [2.45, 2.75) is 19.8 Å². The van der Waals surface area contributed by atoms with E-state index in [0.717, 1.165) is 12.0 Å². The Kier molecular flexibility index (Phi) is 6.29. The fraction of sp³-hybridized carbons (Fsp3) is 0.278. The molecule has 4 nitrogen and oxygen atoms in total. The molecule has 2 aromatic carbocycles. The summed E-state index contributed by atoms with van der Waals surface area (Å²) >= 11 is 5.82. The molecule has 0 heterocycles. The van der Waals surface area contributed by atoms with Crippen molar-refractivity contribution in [3.63, 3.8) is 0 Å². The number of hydrogen-bond donors (Lipinski definition) is 1. The Balaban J connectivity index is 2.01. The van der Waals surface area contributed by atoms with Gasteiger partial charge in [-0.15, -0.1) is 0 Å². The van der Waals surface area contributed by atoms with Gasteiger partial charge in [-0.2, -0.15) is 0 Å². The van der Waals surface area contributed by atoms with Gasteiger partial charge in [-0.1, -0.05) is 24.6 Å². The summed E-state index contributed by atoms with van der Waals surface area (Å²) in [6, 6.07) is 12.5. The van der Waals surface area contributed by atoms with Crippen molar-refractivity contribution in [2.24, 2.45) is 0 Å². The first-order valence-electron chi connectivity index (χ1n) is 7.47. The third-order valence-corrected chi connectivity index (χ3v) is 3.43. The molecular formula is C18H20ClNO3. The second-order valence-electron chi connectivity index (χ2n) is 5.07. The molecule has 23 heavy (non-hydrogen) atoms. The maximum atomic E-state index is 12.1. The Hall–Kier alpha value is -2.20. The largest absolute Gasteiger partial charge is 0.493 e. The Bertz CT molecular complexity index is 656. The van der Waals surface area contributed by atoms with Gasteiger partial charge in [0.25, 0.3) is 0 Å². The number of carbonyl (C=O) groups is 1. The average molecular weight is 334 g/mol. The van der Waals surface area contributed by atoms with Crippen LogP contribution < -0.4 is 14.8 Å². The molecule has 1 amide bonds. The highest BCUT2D eigenvalue weighted by atomic mass is 35.5. The molecule has 2 aromatic rings. The van der Waals surface area contributed by atoms with E-state index >= 15 is 0 Å². The lowest BCUT2D eigenvalue weighted by Crippen LogP contribution is -2.14. The van der Waals surface area contributed by atoms with Crippen LogP contribution in [0.15, 0.2) is 42.5 Å². The van der Waals surface area contributed by atoms with Gasteiger partial charge in [-0.3, -0.25) is 4.79 Å². The van der Waals surface area contributed by atoms with E-state index in [1.54, 1.807) is 31.4 Å². The first-order valence-corrected chi connectivity index (χ1v) is 7.85. The van der Waals surface area contributed by atoms with Gasteiger partial charge in [0, 0.05) is 10.7 Å². The molecule has 0 atom stereocenters. The van der Waals surface area contributed by atoms with Gasteiger partial charge in [0.1, 0.15) is 0 Å². The van der Waals surface area contributed by atoms with E-state index in [2.05, 4.69) is 5.32 Å². The molecule has 0 bridgehead atoms. The summed E-state index contributed by atoms with van der Waals surface area (Å²) in [5.41, 5.74) is 1.58. The maximum absolute atomic E-state index is 12.1. The van der Waals surface area contributed by atoms with Crippen LogP contribution in [0.2, 0.25) is 5.02 Å². The van der Waals surface area contributed by atoms with E-state index in [0.29, 0.717) is 28.8 Å². The van der Waals surface area contributed by atoms with Crippen LogP contribution in [0.25, 0.3) is 0 Å². The van der Waals surface area contributed by atoms with Crippen molar-refractivity contribution >= 4 is 23.2 Å². The summed E-state index contributed by atoms with van der Waals surface area (Å²) in [7, 11) is 1.59. The zero-order chi connectivity index (χ0) is 16.7. The predicted octanol–water partition coefficient (Wildman–Crippen LogP) is 4.32. The normalized spacial score (nSPS) is 10.2. The maximum Gasteiger partial charge on any atom is 0.228 e. The standard InChI is InChI=1S/C18H20ClNO3/c1-3-10-23-16-9-4-13(11-17(16)22-2)12-18(21)20-15-7-5-14(19)6-8-15/h4-9,11H,3,10,12H2,1-2H3,(H,20,21). The van der Waals surface area contributed by atoms with Crippen LogP contribution in [-0.4, -0.2) is 19.6 Å². The minimum Gasteiger partial charge on any atom is -0.493 e. The number of anilines is 1. The van der Waals surface area contributed by atoms with Crippen LogP contribution in [0.4, 0.5) is 5.69 Å². The zero-order valence-electron chi connectivity index (χ0n) is 13.3. The van der Waals surface area contributed by atoms with Gasteiger partial charge >= 0.3 is 0 Å². The van der Waals surface area contributed by atoms with Crippen molar-refractivity contribution in [3.8, 4) is 11.5 Å². The number of nitrogens with one attached hydrogen (secondary N) is 1. The molecular weight excluding hydrogens is 314 g/mol. The lowest BCUT2D eigenvalue weighted by Gasteiger charge is -2.12. The first kappa shape index (κ1) is 17.2. The minimum atomic E-state index is -0.100. The SMILES string of the molecule is CCCOc1ccc(CC(=O)Nc2ccc(Cl)cc2)cc1OC. The van der Waals surface area contributed by atoms with Crippen LogP contribution in [0, 0.1) is 0 Å². The zero-order valence-corrected chi connectivity index (χ0v) is 14.0. The molecule has 0 fully saturated rings. The Morgan fingerprint density at radius 2 is 1.87 bits per heavy atom. The highest BCUT2D eigenvalue weighted by Crippen LogP contribution is 2.28. The van der Waals surface area contributed by atoms with Gasteiger partial charge in [0.05, 0.1) is 20.1 Å². The van der Waals surface area contributed by atoms with Crippen LogP contribution in [0.3, 0.4) is 0 Å². The second kappa shape index (κ2) is 8.44. The van der Waals surface area contributed by atoms with Crippen LogP contribution in [0.5, 0.6) is 11.5 Å². The van der Waals surface area contributed by atoms with E-state index in [1.165, 1.54) is 0 Å². The number of benzene rings is 2. The number of methoxy groups -OCH3 is 1. The molecule has 0 saturated carbocycles. The Morgan fingerprint density at radius 1 is 1.13 bits per heavy atom. The number of halogens is 1. The molecule has 0 aliphatic rings. The van der Waals surface area contributed by atoms with Gasteiger partial charge in [0.2, 0.25) is 5.91 Å². The van der Waals surface area contributed by atoms with E-state index in [4.69, 9.17) is 21.1 Å². The minimum absolute atomic E-state index is 0.100. The third-order valence-electron chi connectivity index (χ3n) is 3.18. The molecule has 122 valence electrons. The molecule has 0 unspecified atom stereocenters. The number of amides is 1. The fourth-order valence-corrected chi connectivity index (χ4v) is 2.20. The van der Waals surface area contributed by atoms with Crippen LogP contribution in [0.1, 0.15) is 18.9 Å². The summed E-state index contributed by atoms with van der Waals surface area (Å²) in [6.45, 7) is 2.68. The van der Waals surface area contributed by atoms with E-state index in [9.17, 15) is 4.79 Å². The van der Waals surface area contributed by atoms with Crippen molar-refractivity contribution in [1.82, 2.24) is 0 Å². The monoisotopic (exact) mass is 333 g/mol. The average Bonchev–Trinajstić information content (AvgIpc) is 2.55. The molecule has 1 N–H and O–H groups in total. The van der Waals surface area contributed by atoms with Crippen molar-refractivity contribution in [3.05, 3.63) is 53.1 Å². The van der Waals surface area contributed by atoms with Crippen LogP contribution in [-0.2, 0) is 11.2 Å². The van der Waals surface area contributed by atoms with Gasteiger partial charge in [-0.25, -0.2) is 0 Å². The summed E-state index contributed by atoms with van der Waals surface area (Å²) < 4.78 is 10.9. The first-order chi connectivity index (χ1) is 11.1. The molecule has 0 radical (unpaired) electrons. The number of carbonyl (C=O) groups excluding carboxylic acids is 1. The predicted molar refractivity (Wildman–Crippen MR) is 92.6 cm³/mol. The van der Waals surface area contributed by atoms with E-state index < -0.39 is 0 Å². The highest BCUT2D eigenvalue weighted by Gasteiger charge is 2.09. The molecule has 0 aliphatic heterocycles. The fourth-order valence-electron chi connectivity index (χ4n) is 2.08. The number of ether oxygens (including phenoxy) is 2. The Morgan fingerprint density at radius 3 is 2.52 bits per heavy atom.